The molecule has 2 aromatic carbocycles. The van der Waals surface area contributed by atoms with E-state index in [0.29, 0.717) is 18.4 Å². The number of aryl methyl sites for hydroxylation is 1. The minimum atomic E-state index is -0.533. The molecule has 1 atom stereocenters. The number of carbonyl (C=O) groups is 2. The van der Waals surface area contributed by atoms with E-state index in [-0.39, 0.29) is 11.8 Å². The highest BCUT2D eigenvalue weighted by molar-refractivity contribution is 6.17. The molecule has 7 rings (SSSR count). The van der Waals surface area contributed by atoms with Crippen molar-refractivity contribution in [3.8, 4) is 11.1 Å². The van der Waals surface area contributed by atoms with Gasteiger partial charge in [-0.2, -0.15) is 5.10 Å². The Bertz CT molecular complexity index is 1400. The first kappa shape index (κ1) is 20.9. The molecule has 0 bridgehead atoms. The van der Waals surface area contributed by atoms with Crippen LogP contribution in [0, 0.1) is 18.8 Å². The highest BCUT2D eigenvalue weighted by atomic mass is 16.2. The number of benzene rings is 2. The summed E-state index contributed by atoms with van der Waals surface area (Å²) in [6.07, 6.45) is 6.55. The third-order valence-electron chi connectivity index (χ3n) is 8.15. The Labute approximate surface area is 204 Å². The van der Waals surface area contributed by atoms with Gasteiger partial charge in [-0.05, 0) is 73.8 Å². The number of amidine groups is 1. The Morgan fingerprint density at radius 3 is 2.69 bits per heavy atom. The second-order valence-corrected chi connectivity index (χ2v) is 10.8. The number of likely N-dealkylation sites (tertiary alicyclic amines) is 1. The molecule has 35 heavy (non-hydrogen) atoms. The number of hydrogen-bond donors (Lipinski definition) is 1. The van der Waals surface area contributed by atoms with Gasteiger partial charge in [-0.15, -0.1) is 0 Å². The average Bonchev–Trinajstić information content (AvgIpc) is 3.74. The molecule has 7 heteroatoms. The smallest absolute Gasteiger partial charge is 0.256 e. The van der Waals surface area contributed by atoms with Crippen molar-refractivity contribution in [3.05, 3.63) is 53.7 Å². The van der Waals surface area contributed by atoms with Crippen LogP contribution in [0.5, 0.6) is 0 Å². The lowest BCUT2D eigenvalue weighted by molar-refractivity contribution is -0.131. The van der Waals surface area contributed by atoms with Crippen molar-refractivity contribution in [3.63, 3.8) is 0 Å². The SMILES string of the molecule is Cc1cc(-c2ccc3[nH]ncc3c2)ccc1C1=NC2(CC2)C(=O)N1CC1CCN(C(=O)C2CC2)C1. The standard InChI is InChI=1S/C28H29N5O2/c1-17-12-20(21-5-7-24-22(13-21)14-29-31-24)4-6-23(17)25-30-28(9-10-28)27(35)33(25)16-18-8-11-32(15-18)26(34)19-2-3-19/h4-7,12-14,18-19H,2-3,8-11,15-16H2,1H3,(H,29,31). The van der Waals surface area contributed by atoms with Crippen LogP contribution in [0.1, 0.15) is 43.2 Å². The number of hydrogen-bond acceptors (Lipinski definition) is 4. The molecule has 1 aromatic heterocycles. The molecule has 1 N–H and O–H groups in total. The lowest BCUT2D eigenvalue weighted by Gasteiger charge is -2.24. The van der Waals surface area contributed by atoms with Gasteiger partial charge in [-0.3, -0.25) is 24.6 Å². The largest absolute Gasteiger partial charge is 0.342 e. The summed E-state index contributed by atoms with van der Waals surface area (Å²) in [6, 6.07) is 12.7. The van der Waals surface area contributed by atoms with Gasteiger partial charge in [0.2, 0.25) is 5.91 Å². The van der Waals surface area contributed by atoms with Crippen LogP contribution in [0.4, 0.5) is 0 Å². The second kappa shape index (κ2) is 7.51. The van der Waals surface area contributed by atoms with E-state index < -0.39 is 5.54 Å². The maximum absolute atomic E-state index is 13.4. The van der Waals surface area contributed by atoms with Crippen molar-refractivity contribution in [2.24, 2.45) is 16.8 Å². The number of rotatable bonds is 5. The number of fused-ring (bicyclic) bond motifs is 1. The van der Waals surface area contributed by atoms with E-state index in [1.165, 1.54) is 0 Å². The van der Waals surface area contributed by atoms with Crippen molar-refractivity contribution < 1.29 is 9.59 Å². The lowest BCUT2D eigenvalue weighted by Crippen LogP contribution is -2.41. The summed E-state index contributed by atoms with van der Waals surface area (Å²) in [5, 5.41) is 8.21. The van der Waals surface area contributed by atoms with Crippen molar-refractivity contribution in [1.82, 2.24) is 20.0 Å². The van der Waals surface area contributed by atoms with Crippen molar-refractivity contribution >= 4 is 28.6 Å². The molecule has 178 valence electrons. The van der Waals surface area contributed by atoms with Gasteiger partial charge in [-0.25, -0.2) is 0 Å². The fraction of sp³-hybridized carbons (Fsp3) is 0.429. The summed E-state index contributed by atoms with van der Waals surface area (Å²) >= 11 is 0. The molecule has 3 fully saturated rings. The summed E-state index contributed by atoms with van der Waals surface area (Å²) in [5.74, 6) is 1.83. The van der Waals surface area contributed by atoms with Crippen LogP contribution in [0.25, 0.3) is 22.0 Å². The predicted octanol–water partition coefficient (Wildman–Crippen LogP) is 3.92. The third kappa shape index (κ3) is 3.48. The molecule has 2 aliphatic heterocycles. The zero-order chi connectivity index (χ0) is 23.7. The van der Waals surface area contributed by atoms with Gasteiger partial charge in [0, 0.05) is 36.5 Å². The number of H-pyrrole nitrogens is 1. The molecule has 1 saturated heterocycles. The molecule has 4 aliphatic rings. The van der Waals surface area contributed by atoms with Gasteiger partial charge in [0.15, 0.2) is 0 Å². The van der Waals surface area contributed by atoms with Gasteiger partial charge in [-0.1, -0.05) is 24.3 Å². The van der Waals surface area contributed by atoms with Crippen LogP contribution < -0.4 is 0 Å². The maximum atomic E-state index is 13.4. The van der Waals surface area contributed by atoms with Gasteiger partial charge in [0.1, 0.15) is 11.4 Å². The Morgan fingerprint density at radius 2 is 1.91 bits per heavy atom. The Morgan fingerprint density at radius 1 is 1.11 bits per heavy atom. The summed E-state index contributed by atoms with van der Waals surface area (Å²) in [7, 11) is 0. The van der Waals surface area contributed by atoms with Crippen LogP contribution in [-0.2, 0) is 9.59 Å². The normalized spacial score (nSPS) is 22.9. The van der Waals surface area contributed by atoms with Crippen LogP contribution in [0.15, 0.2) is 47.6 Å². The topological polar surface area (TPSA) is 81.7 Å². The molecule has 2 saturated carbocycles. The molecule has 1 spiro atoms. The first-order valence-corrected chi connectivity index (χ1v) is 12.8. The number of carbonyl (C=O) groups excluding carboxylic acids is 2. The van der Waals surface area contributed by atoms with Crippen molar-refractivity contribution in [2.75, 3.05) is 19.6 Å². The summed E-state index contributed by atoms with van der Waals surface area (Å²) < 4.78 is 0. The van der Waals surface area contributed by atoms with Crippen LogP contribution >= 0.6 is 0 Å². The molecular weight excluding hydrogens is 438 g/mol. The van der Waals surface area contributed by atoms with Crippen molar-refractivity contribution in [2.45, 2.75) is 44.6 Å². The lowest BCUT2D eigenvalue weighted by atomic mass is 9.98. The highest BCUT2D eigenvalue weighted by Crippen LogP contribution is 2.46. The van der Waals surface area contributed by atoms with Gasteiger partial charge >= 0.3 is 0 Å². The molecule has 0 radical (unpaired) electrons. The van der Waals surface area contributed by atoms with Crippen LogP contribution in [0.3, 0.4) is 0 Å². The van der Waals surface area contributed by atoms with Gasteiger partial charge in [0.05, 0.1) is 11.7 Å². The fourth-order valence-corrected chi connectivity index (χ4v) is 5.72. The number of aliphatic imine (C=N–C) groups is 1. The minimum absolute atomic E-state index is 0.147. The molecule has 2 amide bonds. The van der Waals surface area contributed by atoms with E-state index in [1.807, 2.05) is 16.0 Å². The maximum Gasteiger partial charge on any atom is 0.256 e. The Hall–Kier alpha value is -3.48. The third-order valence-corrected chi connectivity index (χ3v) is 8.15. The van der Waals surface area contributed by atoms with E-state index in [4.69, 9.17) is 4.99 Å². The quantitative estimate of drug-likeness (QED) is 0.618. The predicted molar refractivity (Wildman–Crippen MR) is 134 cm³/mol. The Balaban J connectivity index is 1.15. The molecule has 3 aromatic rings. The Kier molecular flexibility index (Phi) is 4.47. The van der Waals surface area contributed by atoms with Crippen LogP contribution in [-0.4, -0.2) is 62.8 Å². The molecular formula is C28H29N5O2. The van der Waals surface area contributed by atoms with E-state index >= 15 is 0 Å². The van der Waals surface area contributed by atoms with E-state index in [0.717, 1.165) is 84.2 Å². The second-order valence-electron chi connectivity index (χ2n) is 10.8. The van der Waals surface area contributed by atoms with E-state index in [9.17, 15) is 9.59 Å². The first-order valence-electron chi connectivity index (χ1n) is 12.8. The molecule has 1 unspecified atom stereocenters. The molecule has 2 aliphatic carbocycles. The highest BCUT2D eigenvalue weighted by Gasteiger charge is 2.57. The van der Waals surface area contributed by atoms with E-state index in [1.54, 1.807) is 0 Å². The van der Waals surface area contributed by atoms with Crippen molar-refractivity contribution in [1.29, 1.82) is 0 Å². The number of amides is 2. The number of nitrogens with one attached hydrogen (secondary N) is 1. The molecule has 3 heterocycles. The zero-order valence-corrected chi connectivity index (χ0v) is 20.0. The average molecular weight is 468 g/mol. The number of aromatic amines is 1. The van der Waals surface area contributed by atoms with Gasteiger partial charge < -0.3 is 4.90 Å². The monoisotopic (exact) mass is 467 g/mol. The summed E-state index contributed by atoms with van der Waals surface area (Å²) in [6.45, 7) is 4.32. The molecule has 7 nitrogen and oxygen atoms in total. The van der Waals surface area contributed by atoms with Gasteiger partial charge in [0.25, 0.3) is 5.91 Å². The van der Waals surface area contributed by atoms with E-state index in [2.05, 4.69) is 53.5 Å². The first-order chi connectivity index (χ1) is 17.0. The fourth-order valence-electron chi connectivity index (χ4n) is 5.72. The number of nitrogens with zero attached hydrogens (tertiary/aromatic N) is 4. The summed E-state index contributed by atoms with van der Waals surface area (Å²) in [4.78, 5) is 34.9. The summed E-state index contributed by atoms with van der Waals surface area (Å²) in [5.41, 5.74) is 4.90. The zero-order valence-electron chi connectivity index (χ0n) is 20.0. The number of aromatic nitrogens is 2. The van der Waals surface area contributed by atoms with Crippen LogP contribution in [0.2, 0.25) is 0 Å². The minimum Gasteiger partial charge on any atom is -0.342 e.